The minimum Gasteiger partial charge on any atom is -0.368 e. The first-order valence-electron chi connectivity index (χ1n) is 8.75. The highest BCUT2D eigenvalue weighted by Gasteiger charge is 2.30. The normalized spacial score (nSPS) is 16.7. The van der Waals surface area contributed by atoms with E-state index in [1.54, 1.807) is 13.0 Å². The monoisotopic (exact) mass is 353 g/mol. The van der Waals surface area contributed by atoms with Gasteiger partial charge in [0.2, 0.25) is 11.9 Å². The molecule has 7 nitrogen and oxygen atoms in total. The van der Waals surface area contributed by atoms with Gasteiger partial charge in [0, 0.05) is 25.2 Å². The van der Waals surface area contributed by atoms with Gasteiger partial charge in [-0.3, -0.25) is 9.59 Å². The summed E-state index contributed by atoms with van der Waals surface area (Å²) in [6, 6.07) is 11.6. The molecular formula is C19H23N5O2. The fourth-order valence-electron chi connectivity index (χ4n) is 3.17. The Balaban J connectivity index is 1.50. The Morgan fingerprint density at radius 1 is 1.31 bits per heavy atom. The summed E-state index contributed by atoms with van der Waals surface area (Å²) in [5.74, 6) is -0.187. The molecule has 1 aromatic carbocycles. The van der Waals surface area contributed by atoms with Gasteiger partial charge in [-0.15, -0.1) is 0 Å². The molecule has 2 aromatic rings. The number of carbonyl (C=O) groups is 2. The summed E-state index contributed by atoms with van der Waals surface area (Å²) in [6.45, 7) is 2.97. The second-order valence-corrected chi connectivity index (χ2v) is 6.56. The van der Waals surface area contributed by atoms with Crippen molar-refractivity contribution < 1.29 is 9.59 Å². The van der Waals surface area contributed by atoms with E-state index in [0.29, 0.717) is 25.2 Å². The van der Waals surface area contributed by atoms with Gasteiger partial charge in [0.25, 0.3) is 5.91 Å². The molecule has 3 N–H and O–H groups in total. The standard InChI is InChI=1S/C19H23N5O2/c1-13-10-16(23-19(20)21-13)18(26)22-15-11-17(25)24(12-15)9-5-8-14-6-3-2-4-7-14/h2-4,6-7,10,15H,5,8-9,11-12H2,1H3,(H,22,26)(H2,20,21,23)/t15-/m0/s1. The van der Waals surface area contributed by atoms with Crippen molar-refractivity contribution in [3.8, 4) is 0 Å². The average Bonchev–Trinajstić information content (AvgIpc) is 2.94. The van der Waals surface area contributed by atoms with Crippen LogP contribution in [0, 0.1) is 6.92 Å². The van der Waals surface area contributed by atoms with E-state index in [4.69, 9.17) is 5.73 Å². The highest BCUT2D eigenvalue weighted by atomic mass is 16.2. The molecule has 2 heterocycles. The van der Waals surface area contributed by atoms with E-state index in [1.807, 2.05) is 23.1 Å². The number of nitrogens with one attached hydrogen (secondary N) is 1. The van der Waals surface area contributed by atoms with Crippen LogP contribution in [0.1, 0.15) is 34.6 Å². The van der Waals surface area contributed by atoms with E-state index >= 15 is 0 Å². The average molecular weight is 353 g/mol. The maximum Gasteiger partial charge on any atom is 0.270 e. The molecule has 2 amide bonds. The summed E-state index contributed by atoms with van der Waals surface area (Å²) in [5.41, 5.74) is 7.71. The first-order valence-corrected chi connectivity index (χ1v) is 8.75. The van der Waals surface area contributed by atoms with Crippen molar-refractivity contribution in [1.29, 1.82) is 0 Å². The number of likely N-dealkylation sites (tertiary alicyclic amines) is 1. The summed E-state index contributed by atoms with van der Waals surface area (Å²) in [6.07, 6.45) is 2.15. The Labute approximate surface area is 152 Å². The molecule has 1 aliphatic heterocycles. The Kier molecular flexibility index (Phi) is 5.46. The zero-order chi connectivity index (χ0) is 18.5. The number of nitrogens with zero attached hydrogens (tertiary/aromatic N) is 3. The molecular weight excluding hydrogens is 330 g/mol. The van der Waals surface area contributed by atoms with E-state index < -0.39 is 0 Å². The number of benzene rings is 1. The maximum atomic E-state index is 12.3. The molecule has 1 atom stereocenters. The van der Waals surface area contributed by atoms with E-state index in [0.717, 1.165) is 12.8 Å². The second-order valence-electron chi connectivity index (χ2n) is 6.56. The van der Waals surface area contributed by atoms with Crippen LogP contribution in [0.25, 0.3) is 0 Å². The van der Waals surface area contributed by atoms with Gasteiger partial charge >= 0.3 is 0 Å². The number of amides is 2. The number of hydrogen-bond acceptors (Lipinski definition) is 5. The molecule has 7 heteroatoms. The Morgan fingerprint density at radius 2 is 2.08 bits per heavy atom. The van der Waals surface area contributed by atoms with E-state index in [9.17, 15) is 9.59 Å². The molecule has 0 unspecified atom stereocenters. The van der Waals surface area contributed by atoms with Crippen LogP contribution in [0.15, 0.2) is 36.4 Å². The SMILES string of the molecule is Cc1cc(C(=O)N[C@H]2CC(=O)N(CCCc3ccccc3)C2)nc(N)n1. The van der Waals surface area contributed by atoms with Crippen molar-refractivity contribution >= 4 is 17.8 Å². The fraction of sp³-hybridized carbons (Fsp3) is 0.368. The van der Waals surface area contributed by atoms with Crippen LogP contribution in [0.5, 0.6) is 0 Å². The van der Waals surface area contributed by atoms with Gasteiger partial charge in [-0.05, 0) is 31.4 Å². The molecule has 0 saturated carbocycles. The third-order valence-electron chi connectivity index (χ3n) is 4.39. The lowest BCUT2D eigenvalue weighted by molar-refractivity contribution is -0.127. The molecule has 136 valence electrons. The van der Waals surface area contributed by atoms with Crippen LogP contribution in [0.2, 0.25) is 0 Å². The molecule has 0 bridgehead atoms. The molecule has 1 aromatic heterocycles. The number of nitrogens with two attached hydrogens (primary N) is 1. The largest absolute Gasteiger partial charge is 0.368 e. The lowest BCUT2D eigenvalue weighted by atomic mass is 10.1. The summed E-state index contributed by atoms with van der Waals surface area (Å²) in [7, 11) is 0. The quantitative estimate of drug-likeness (QED) is 0.816. The molecule has 3 rings (SSSR count). The number of rotatable bonds is 6. The third kappa shape index (κ3) is 4.56. The highest BCUT2D eigenvalue weighted by Crippen LogP contribution is 2.14. The highest BCUT2D eigenvalue weighted by molar-refractivity contribution is 5.93. The number of aryl methyl sites for hydroxylation is 2. The Morgan fingerprint density at radius 3 is 2.81 bits per heavy atom. The number of hydrogen-bond donors (Lipinski definition) is 2. The number of aromatic nitrogens is 2. The van der Waals surface area contributed by atoms with E-state index in [2.05, 4.69) is 27.4 Å². The summed E-state index contributed by atoms with van der Waals surface area (Å²) < 4.78 is 0. The molecule has 0 aliphatic carbocycles. The smallest absolute Gasteiger partial charge is 0.270 e. The zero-order valence-electron chi connectivity index (χ0n) is 14.8. The van der Waals surface area contributed by atoms with Crippen LogP contribution < -0.4 is 11.1 Å². The van der Waals surface area contributed by atoms with Gasteiger partial charge in [0.05, 0.1) is 6.04 Å². The van der Waals surface area contributed by atoms with Crippen LogP contribution in [0.4, 0.5) is 5.95 Å². The minimum atomic E-state index is -0.328. The van der Waals surface area contributed by atoms with Crippen molar-refractivity contribution in [2.75, 3.05) is 18.8 Å². The van der Waals surface area contributed by atoms with Crippen molar-refractivity contribution in [2.24, 2.45) is 0 Å². The zero-order valence-corrected chi connectivity index (χ0v) is 14.8. The van der Waals surface area contributed by atoms with Crippen molar-refractivity contribution in [1.82, 2.24) is 20.2 Å². The fourth-order valence-corrected chi connectivity index (χ4v) is 3.17. The molecule has 1 aliphatic rings. The number of carbonyl (C=O) groups excluding carboxylic acids is 2. The van der Waals surface area contributed by atoms with Gasteiger partial charge < -0.3 is 16.0 Å². The van der Waals surface area contributed by atoms with Crippen LogP contribution in [-0.4, -0.2) is 45.8 Å². The van der Waals surface area contributed by atoms with E-state index in [1.165, 1.54) is 5.56 Å². The molecule has 1 saturated heterocycles. The number of nitrogen functional groups attached to an aromatic ring is 1. The summed E-state index contributed by atoms with van der Waals surface area (Å²) in [5, 5.41) is 2.87. The predicted molar refractivity (Wildman–Crippen MR) is 98.4 cm³/mol. The topological polar surface area (TPSA) is 101 Å². The summed E-state index contributed by atoms with van der Waals surface area (Å²) >= 11 is 0. The lowest BCUT2D eigenvalue weighted by Gasteiger charge is -2.17. The van der Waals surface area contributed by atoms with Gasteiger partial charge in [0.1, 0.15) is 5.69 Å². The third-order valence-corrected chi connectivity index (χ3v) is 4.39. The molecule has 0 spiro atoms. The second kappa shape index (κ2) is 7.95. The molecule has 1 fully saturated rings. The van der Waals surface area contributed by atoms with Crippen LogP contribution in [0.3, 0.4) is 0 Å². The van der Waals surface area contributed by atoms with Crippen molar-refractivity contribution in [3.63, 3.8) is 0 Å². The van der Waals surface area contributed by atoms with Gasteiger partial charge in [0.15, 0.2) is 0 Å². The lowest BCUT2D eigenvalue weighted by Crippen LogP contribution is -2.37. The van der Waals surface area contributed by atoms with Gasteiger partial charge in [-0.2, -0.15) is 0 Å². The minimum absolute atomic E-state index is 0.0696. The first-order chi connectivity index (χ1) is 12.5. The first kappa shape index (κ1) is 17.8. The molecule has 26 heavy (non-hydrogen) atoms. The van der Waals surface area contributed by atoms with Crippen LogP contribution >= 0.6 is 0 Å². The van der Waals surface area contributed by atoms with Gasteiger partial charge in [-0.25, -0.2) is 9.97 Å². The van der Waals surface area contributed by atoms with Crippen LogP contribution in [-0.2, 0) is 11.2 Å². The van der Waals surface area contributed by atoms with E-state index in [-0.39, 0.29) is 29.5 Å². The predicted octanol–water partition coefficient (Wildman–Crippen LogP) is 1.33. The Bertz CT molecular complexity index is 774. The Hall–Kier alpha value is -2.96. The van der Waals surface area contributed by atoms with Crippen molar-refractivity contribution in [2.45, 2.75) is 32.2 Å². The summed E-state index contributed by atoms with van der Waals surface area (Å²) in [4.78, 5) is 34.2. The van der Waals surface area contributed by atoms with Gasteiger partial charge in [-0.1, -0.05) is 30.3 Å². The number of anilines is 1. The van der Waals surface area contributed by atoms with Crippen molar-refractivity contribution in [3.05, 3.63) is 53.3 Å². The maximum absolute atomic E-state index is 12.3. The molecule has 0 radical (unpaired) electrons.